The second-order valence-electron chi connectivity index (χ2n) is 8.40. The molecule has 1 saturated carbocycles. The molecular weight excluding hydrogens is 358 g/mol. The molecule has 0 aromatic carbocycles. The molecule has 150 valence electrons. The van der Waals surface area contributed by atoms with Crippen LogP contribution in [0.5, 0.6) is 0 Å². The summed E-state index contributed by atoms with van der Waals surface area (Å²) in [5.74, 6) is 2.71. The first-order chi connectivity index (χ1) is 13.5. The normalized spacial score (nSPS) is 28.5. The van der Waals surface area contributed by atoms with E-state index in [1.165, 1.54) is 23.3 Å². The number of rotatable bonds is 2. The van der Waals surface area contributed by atoms with Gasteiger partial charge in [-0.05, 0) is 32.1 Å². The van der Waals surface area contributed by atoms with Crippen molar-refractivity contribution in [3.05, 3.63) is 17.0 Å². The zero-order valence-electron chi connectivity index (χ0n) is 16.2. The average molecular weight is 385 g/mol. The van der Waals surface area contributed by atoms with Crippen molar-refractivity contribution in [1.82, 2.24) is 14.9 Å². The lowest BCUT2D eigenvalue weighted by Crippen LogP contribution is -2.38. The van der Waals surface area contributed by atoms with Crippen LogP contribution in [0.2, 0.25) is 0 Å². The van der Waals surface area contributed by atoms with Gasteiger partial charge in [0.25, 0.3) is 0 Å². The maximum atomic E-state index is 11.3. The van der Waals surface area contributed by atoms with E-state index in [1.54, 1.807) is 7.05 Å². The van der Waals surface area contributed by atoms with Crippen molar-refractivity contribution in [3.63, 3.8) is 0 Å². The molecule has 1 amide bonds. The molecule has 5 rings (SSSR count). The van der Waals surface area contributed by atoms with Gasteiger partial charge in [0.1, 0.15) is 17.7 Å². The number of nitrogens with zero attached hydrogens (tertiary/aromatic N) is 4. The number of carboxylic acid groups (broad SMARTS) is 1. The van der Waals surface area contributed by atoms with Crippen molar-refractivity contribution < 1.29 is 14.6 Å². The molecule has 0 radical (unpaired) electrons. The number of fused-ring (bicyclic) bond motifs is 4. The van der Waals surface area contributed by atoms with E-state index >= 15 is 0 Å². The number of likely N-dealkylation sites (N-methyl/N-ethyl adjacent to an activating group) is 1. The lowest BCUT2D eigenvalue weighted by atomic mass is 9.78. The Labute approximate surface area is 164 Å². The van der Waals surface area contributed by atoms with E-state index in [1.807, 2.05) is 0 Å². The smallest absolute Gasteiger partial charge is 0.407 e. The molecule has 2 aliphatic carbocycles. The summed E-state index contributed by atoms with van der Waals surface area (Å²) in [5.41, 5.74) is 9.52. The standard InChI is InChI=1S/C20H27N5O3/c1-24(20(26)27)11-8-9-25(10-11)18-13-6-7-15-16(17(13)22-19(21)23-18)12-4-2-3-5-14(12)28-15/h11-12,14H,2-10H2,1H3,(H,26,27)(H2,21,22,23). The van der Waals surface area contributed by atoms with Crippen LogP contribution in [-0.4, -0.2) is 58.4 Å². The van der Waals surface area contributed by atoms with Gasteiger partial charge in [0.05, 0.1) is 11.7 Å². The molecule has 8 heteroatoms. The van der Waals surface area contributed by atoms with Gasteiger partial charge in [-0.3, -0.25) is 0 Å². The van der Waals surface area contributed by atoms with E-state index in [2.05, 4.69) is 14.9 Å². The van der Waals surface area contributed by atoms with Gasteiger partial charge in [0.15, 0.2) is 0 Å². The summed E-state index contributed by atoms with van der Waals surface area (Å²) in [7, 11) is 1.64. The van der Waals surface area contributed by atoms with Crippen LogP contribution >= 0.6 is 0 Å². The Morgan fingerprint density at radius 3 is 2.89 bits per heavy atom. The molecule has 2 fully saturated rings. The zero-order chi connectivity index (χ0) is 19.4. The predicted octanol–water partition coefficient (Wildman–Crippen LogP) is 2.49. The Balaban J connectivity index is 1.49. The first kappa shape index (κ1) is 17.6. The second-order valence-corrected chi connectivity index (χ2v) is 8.40. The number of nitrogens with two attached hydrogens (primary N) is 1. The van der Waals surface area contributed by atoms with E-state index < -0.39 is 6.09 Å². The largest absolute Gasteiger partial charge is 0.494 e. The van der Waals surface area contributed by atoms with E-state index in [0.717, 1.165) is 61.5 Å². The summed E-state index contributed by atoms with van der Waals surface area (Å²) in [6, 6.07) is -0.0276. The van der Waals surface area contributed by atoms with Crippen molar-refractivity contribution >= 4 is 23.4 Å². The summed E-state index contributed by atoms with van der Waals surface area (Å²) in [4.78, 5) is 24.1. The highest BCUT2D eigenvalue weighted by Gasteiger charge is 2.43. The van der Waals surface area contributed by atoms with Gasteiger partial charge in [0.2, 0.25) is 5.95 Å². The number of ether oxygens (including phenoxy) is 1. The number of anilines is 2. The molecule has 1 aromatic heterocycles. The Morgan fingerprint density at radius 1 is 1.25 bits per heavy atom. The highest BCUT2D eigenvalue weighted by atomic mass is 16.5. The number of aromatic nitrogens is 2. The molecule has 3 heterocycles. The second kappa shape index (κ2) is 6.53. The van der Waals surface area contributed by atoms with E-state index in [9.17, 15) is 9.90 Å². The fourth-order valence-electron chi connectivity index (χ4n) is 5.37. The van der Waals surface area contributed by atoms with Crippen molar-refractivity contribution in [2.75, 3.05) is 30.8 Å². The minimum Gasteiger partial charge on any atom is -0.494 e. The fourth-order valence-corrected chi connectivity index (χ4v) is 5.37. The van der Waals surface area contributed by atoms with Crippen LogP contribution in [0, 0.1) is 5.92 Å². The number of nitrogen functional groups attached to an aromatic ring is 1. The van der Waals surface area contributed by atoms with E-state index in [-0.39, 0.29) is 12.0 Å². The minimum absolute atomic E-state index is 0.0276. The van der Waals surface area contributed by atoms with Crippen LogP contribution in [0.3, 0.4) is 0 Å². The summed E-state index contributed by atoms with van der Waals surface area (Å²) in [5, 5.41) is 9.29. The fraction of sp³-hybridized carbons (Fsp3) is 0.650. The highest BCUT2D eigenvalue weighted by molar-refractivity contribution is 5.77. The summed E-state index contributed by atoms with van der Waals surface area (Å²) in [6.45, 7) is 1.42. The van der Waals surface area contributed by atoms with Gasteiger partial charge < -0.3 is 25.4 Å². The third kappa shape index (κ3) is 2.69. The van der Waals surface area contributed by atoms with Gasteiger partial charge >= 0.3 is 6.09 Å². The SMILES string of the molecule is CN(C(=O)O)C1CCN(c2nc(N)nc3c2CCC2=C3C3CCCCC3O2)C1. The van der Waals surface area contributed by atoms with Crippen LogP contribution in [0.4, 0.5) is 16.6 Å². The minimum atomic E-state index is -0.891. The van der Waals surface area contributed by atoms with E-state index in [4.69, 9.17) is 10.5 Å². The number of hydrogen-bond donors (Lipinski definition) is 2. The van der Waals surface area contributed by atoms with Gasteiger partial charge in [-0.1, -0.05) is 6.42 Å². The molecule has 3 unspecified atom stereocenters. The van der Waals surface area contributed by atoms with Crippen LogP contribution in [0.1, 0.15) is 49.8 Å². The Hall–Kier alpha value is -2.51. The quantitative estimate of drug-likeness (QED) is 0.806. The predicted molar refractivity (Wildman–Crippen MR) is 105 cm³/mol. The zero-order valence-corrected chi connectivity index (χ0v) is 16.2. The molecule has 1 aromatic rings. The Bertz CT molecular complexity index is 854. The van der Waals surface area contributed by atoms with Gasteiger partial charge in [0, 0.05) is 43.6 Å². The first-order valence-corrected chi connectivity index (χ1v) is 10.3. The summed E-state index contributed by atoms with van der Waals surface area (Å²) in [6.07, 6.45) is 6.68. The number of hydrogen-bond acceptors (Lipinski definition) is 6. The number of allylic oxidation sites excluding steroid dienone is 1. The van der Waals surface area contributed by atoms with Crippen molar-refractivity contribution in [1.29, 1.82) is 0 Å². The Morgan fingerprint density at radius 2 is 2.07 bits per heavy atom. The molecule has 8 nitrogen and oxygen atoms in total. The van der Waals surface area contributed by atoms with Crippen molar-refractivity contribution in [2.45, 2.75) is 57.1 Å². The third-order valence-corrected chi connectivity index (χ3v) is 6.84. The molecular formula is C20H27N5O3. The molecule has 1 saturated heterocycles. The van der Waals surface area contributed by atoms with Gasteiger partial charge in [-0.2, -0.15) is 4.98 Å². The summed E-state index contributed by atoms with van der Waals surface area (Å²) < 4.78 is 6.30. The number of carbonyl (C=O) groups is 1. The molecule has 4 aliphatic rings. The molecule has 3 N–H and O–H groups in total. The van der Waals surface area contributed by atoms with Crippen LogP contribution in [0.15, 0.2) is 5.76 Å². The molecule has 0 bridgehead atoms. The monoisotopic (exact) mass is 385 g/mol. The summed E-state index contributed by atoms with van der Waals surface area (Å²) >= 11 is 0. The van der Waals surface area contributed by atoms with Crippen molar-refractivity contribution in [3.8, 4) is 0 Å². The van der Waals surface area contributed by atoms with Crippen LogP contribution in [0.25, 0.3) is 5.57 Å². The average Bonchev–Trinajstić information content (AvgIpc) is 3.31. The highest BCUT2D eigenvalue weighted by Crippen LogP contribution is 2.50. The first-order valence-electron chi connectivity index (χ1n) is 10.3. The molecule has 0 spiro atoms. The third-order valence-electron chi connectivity index (χ3n) is 6.84. The maximum Gasteiger partial charge on any atom is 0.407 e. The van der Waals surface area contributed by atoms with Crippen molar-refractivity contribution in [2.24, 2.45) is 5.92 Å². The maximum absolute atomic E-state index is 11.3. The molecule has 3 atom stereocenters. The van der Waals surface area contributed by atoms with Gasteiger partial charge in [-0.25, -0.2) is 9.78 Å². The molecule has 28 heavy (non-hydrogen) atoms. The molecule has 2 aliphatic heterocycles. The van der Waals surface area contributed by atoms with Gasteiger partial charge in [-0.15, -0.1) is 0 Å². The number of amides is 1. The lowest BCUT2D eigenvalue weighted by molar-refractivity contribution is 0.0793. The van der Waals surface area contributed by atoms with E-state index in [0.29, 0.717) is 18.6 Å². The lowest BCUT2D eigenvalue weighted by Gasteiger charge is -2.28. The topological polar surface area (TPSA) is 105 Å². The van der Waals surface area contributed by atoms with Crippen LogP contribution < -0.4 is 10.6 Å². The Kier molecular flexibility index (Phi) is 4.10. The van der Waals surface area contributed by atoms with Crippen LogP contribution in [-0.2, 0) is 11.2 Å².